The molecule has 1 aliphatic carbocycles. The van der Waals surface area contributed by atoms with Crippen molar-refractivity contribution in [2.24, 2.45) is 29.4 Å². The maximum absolute atomic E-state index is 10.1. The highest BCUT2D eigenvalue weighted by Crippen LogP contribution is 2.39. The van der Waals surface area contributed by atoms with Gasteiger partial charge in [-0.2, -0.15) is 0 Å². The molecular weight excluding hydrogens is 174 g/mol. The first-order valence-corrected chi connectivity index (χ1v) is 5.92. The van der Waals surface area contributed by atoms with Crippen molar-refractivity contribution < 1.29 is 5.11 Å². The number of aliphatic hydroxyl groups is 1. The highest BCUT2D eigenvalue weighted by Gasteiger charge is 2.41. The molecule has 0 radical (unpaired) electrons. The molecule has 0 bridgehead atoms. The van der Waals surface area contributed by atoms with Crippen LogP contribution in [0.4, 0.5) is 0 Å². The Balaban J connectivity index is 2.66. The van der Waals surface area contributed by atoms with Gasteiger partial charge in [-0.1, -0.05) is 34.1 Å². The fourth-order valence-corrected chi connectivity index (χ4v) is 2.86. The van der Waals surface area contributed by atoms with Crippen LogP contribution >= 0.6 is 0 Å². The summed E-state index contributed by atoms with van der Waals surface area (Å²) in [6.07, 6.45) is 2.04. The van der Waals surface area contributed by atoms with Crippen LogP contribution in [0.3, 0.4) is 0 Å². The monoisotopic (exact) mass is 199 g/mol. The third-order valence-electron chi connectivity index (χ3n) is 4.12. The molecule has 14 heavy (non-hydrogen) atoms. The zero-order valence-corrected chi connectivity index (χ0v) is 9.90. The lowest BCUT2D eigenvalue weighted by Gasteiger charge is -2.30. The minimum absolute atomic E-state index is 0.162. The molecule has 0 saturated heterocycles. The molecule has 0 aliphatic heterocycles. The fourth-order valence-electron chi connectivity index (χ4n) is 2.86. The quantitative estimate of drug-likeness (QED) is 0.730. The molecule has 0 heterocycles. The van der Waals surface area contributed by atoms with Gasteiger partial charge in [0.05, 0.1) is 6.10 Å². The van der Waals surface area contributed by atoms with Crippen LogP contribution in [0.2, 0.25) is 0 Å². The van der Waals surface area contributed by atoms with E-state index in [0.29, 0.717) is 23.7 Å². The minimum atomic E-state index is -0.186. The molecule has 0 spiro atoms. The van der Waals surface area contributed by atoms with Gasteiger partial charge in [0.1, 0.15) is 0 Å². The van der Waals surface area contributed by atoms with Crippen LogP contribution in [-0.2, 0) is 0 Å². The van der Waals surface area contributed by atoms with Crippen LogP contribution in [0, 0.1) is 23.7 Å². The van der Waals surface area contributed by atoms with Gasteiger partial charge in [0, 0.05) is 12.0 Å². The van der Waals surface area contributed by atoms with Gasteiger partial charge >= 0.3 is 0 Å². The molecule has 2 nitrogen and oxygen atoms in total. The summed E-state index contributed by atoms with van der Waals surface area (Å²) in [5, 5.41) is 10.1. The van der Waals surface area contributed by atoms with Gasteiger partial charge in [-0.3, -0.25) is 0 Å². The van der Waals surface area contributed by atoms with Crippen molar-refractivity contribution >= 4 is 0 Å². The molecule has 2 heteroatoms. The molecule has 1 rings (SSSR count). The minimum Gasteiger partial charge on any atom is -0.392 e. The van der Waals surface area contributed by atoms with E-state index in [-0.39, 0.29) is 12.1 Å². The number of hydrogen-bond donors (Lipinski definition) is 2. The topological polar surface area (TPSA) is 46.2 Å². The molecule has 0 aromatic heterocycles. The lowest BCUT2D eigenvalue weighted by Crippen LogP contribution is -2.43. The van der Waals surface area contributed by atoms with Crippen LogP contribution in [0.5, 0.6) is 0 Å². The second-order valence-electron chi connectivity index (χ2n) is 5.22. The first kappa shape index (κ1) is 12.0. The Bertz CT molecular complexity index is 183. The molecule has 6 unspecified atom stereocenters. The summed E-state index contributed by atoms with van der Waals surface area (Å²) < 4.78 is 0. The summed E-state index contributed by atoms with van der Waals surface area (Å²) in [5.74, 6) is 1.82. The Kier molecular flexibility index (Phi) is 3.96. The number of hydrogen-bond acceptors (Lipinski definition) is 2. The molecule has 0 aromatic rings. The molecule has 6 atom stereocenters. The normalized spacial score (nSPS) is 42.4. The number of rotatable bonds is 3. The number of aliphatic hydroxyl groups excluding tert-OH is 1. The molecule has 84 valence electrons. The van der Waals surface area contributed by atoms with E-state index in [9.17, 15) is 5.11 Å². The Morgan fingerprint density at radius 1 is 1.36 bits per heavy atom. The van der Waals surface area contributed by atoms with E-state index in [1.807, 2.05) is 0 Å². The lowest BCUT2D eigenvalue weighted by molar-refractivity contribution is 0.0660. The van der Waals surface area contributed by atoms with Crippen LogP contribution in [0.15, 0.2) is 0 Å². The van der Waals surface area contributed by atoms with Gasteiger partial charge in [-0.25, -0.2) is 0 Å². The fraction of sp³-hybridized carbons (Fsp3) is 1.00. The second-order valence-corrected chi connectivity index (χ2v) is 5.22. The summed E-state index contributed by atoms with van der Waals surface area (Å²) in [7, 11) is 0. The SMILES string of the molecule is CCC(C)C(N)C1C(C)CC(C)C1O. The van der Waals surface area contributed by atoms with Gasteiger partial charge in [-0.05, 0) is 24.2 Å². The van der Waals surface area contributed by atoms with Gasteiger partial charge in [0.15, 0.2) is 0 Å². The average Bonchev–Trinajstić information content (AvgIpc) is 2.39. The summed E-state index contributed by atoms with van der Waals surface area (Å²) in [4.78, 5) is 0. The third kappa shape index (κ3) is 2.12. The van der Waals surface area contributed by atoms with Gasteiger partial charge in [-0.15, -0.1) is 0 Å². The Morgan fingerprint density at radius 2 is 1.93 bits per heavy atom. The maximum Gasteiger partial charge on any atom is 0.0611 e. The van der Waals surface area contributed by atoms with E-state index >= 15 is 0 Å². The summed E-state index contributed by atoms with van der Waals surface area (Å²) in [5.41, 5.74) is 6.22. The van der Waals surface area contributed by atoms with Crippen molar-refractivity contribution in [3.63, 3.8) is 0 Å². The van der Waals surface area contributed by atoms with E-state index in [0.717, 1.165) is 12.8 Å². The van der Waals surface area contributed by atoms with Crippen molar-refractivity contribution in [2.45, 2.75) is 52.7 Å². The largest absolute Gasteiger partial charge is 0.392 e. The molecule has 1 saturated carbocycles. The zero-order valence-electron chi connectivity index (χ0n) is 9.90. The van der Waals surface area contributed by atoms with Gasteiger partial charge in [0.25, 0.3) is 0 Å². The molecule has 0 amide bonds. The van der Waals surface area contributed by atoms with Crippen molar-refractivity contribution in [1.29, 1.82) is 0 Å². The number of nitrogens with two attached hydrogens (primary N) is 1. The zero-order chi connectivity index (χ0) is 10.9. The van der Waals surface area contributed by atoms with E-state index in [2.05, 4.69) is 27.7 Å². The third-order valence-corrected chi connectivity index (χ3v) is 4.12. The van der Waals surface area contributed by atoms with E-state index < -0.39 is 0 Å². The smallest absolute Gasteiger partial charge is 0.0611 e. The van der Waals surface area contributed by atoms with E-state index in [1.54, 1.807) is 0 Å². The Morgan fingerprint density at radius 3 is 2.29 bits per heavy atom. The second kappa shape index (κ2) is 4.63. The van der Waals surface area contributed by atoms with Crippen molar-refractivity contribution in [1.82, 2.24) is 0 Å². The predicted octanol–water partition coefficient (Wildman–Crippen LogP) is 2.01. The Labute approximate surface area is 87.9 Å². The predicted molar refractivity (Wildman–Crippen MR) is 59.9 cm³/mol. The standard InChI is InChI=1S/C12H25NO/c1-5-7(2)11(13)10-8(3)6-9(4)12(10)14/h7-12,14H,5-6,13H2,1-4H3. The van der Waals surface area contributed by atoms with Crippen molar-refractivity contribution in [2.75, 3.05) is 0 Å². The van der Waals surface area contributed by atoms with Gasteiger partial charge in [0.2, 0.25) is 0 Å². The highest BCUT2D eigenvalue weighted by atomic mass is 16.3. The van der Waals surface area contributed by atoms with Crippen LogP contribution in [0.25, 0.3) is 0 Å². The first-order chi connectivity index (χ1) is 6.49. The maximum atomic E-state index is 10.1. The van der Waals surface area contributed by atoms with E-state index in [4.69, 9.17) is 5.73 Å². The summed E-state index contributed by atoms with van der Waals surface area (Å²) >= 11 is 0. The first-order valence-electron chi connectivity index (χ1n) is 5.92. The van der Waals surface area contributed by atoms with Crippen molar-refractivity contribution in [3.8, 4) is 0 Å². The Hall–Kier alpha value is -0.0800. The van der Waals surface area contributed by atoms with Crippen molar-refractivity contribution in [3.05, 3.63) is 0 Å². The molecule has 3 N–H and O–H groups in total. The average molecular weight is 199 g/mol. The molecule has 0 aromatic carbocycles. The molecular formula is C12H25NO. The van der Waals surface area contributed by atoms with Gasteiger partial charge < -0.3 is 10.8 Å². The van der Waals surface area contributed by atoms with E-state index in [1.165, 1.54) is 0 Å². The van der Waals surface area contributed by atoms with Crippen LogP contribution in [-0.4, -0.2) is 17.3 Å². The van der Waals surface area contributed by atoms with Crippen LogP contribution < -0.4 is 5.73 Å². The lowest BCUT2D eigenvalue weighted by atomic mass is 9.81. The summed E-state index contributed by atoms with van der Waals surface area (Å²) in [6, 6.07) is 0.162. The molecule has 1 aliphatic rings. The van der Waals surface area contributed by atoms with Crippen LogP contribution in [0.1, 0.15) is 40.5 Å². The molecule has 1 fully saturated rings. The highest BCUT2D eigenvalue weighted by molar-refractivity contribution is 4.94. The summed E-state index contributed by atoms with van der Waals surface area (Å²) in [6.45, 7) is 8.71.